The Labute approximate surface area is 93.7 Å². The number of alkyl halides is 3. The molecule has 0 saturated heterocycles. The fourth-order valence-electron chi connectivity index (χ4n) is 1.42. The number of aromatic nitrogens is 2. The molecule has 1 aliphatic carbocycles. The maximum atomic E-state index is 12.7. The molecular weight excluding hydrogens is 239 g/mol. The number of nitrogens with one attached hydrogen (secondary N) is 1. The van der Waals surface area contributed by atoms with Gasteiger partial charge in [-0.05, 0) is 12.8 Å². The molecule has 92 valence electrons. The van der Waals surface area contributed by atoms with Gasteiger partial charge in [0, 0.05) is 12.4 Å². The minimum atomic E-state index is -4.43. The third-order valence-corrected chi connectivity index (χ3v) is 2.55. The molecule has 1 aliphatic rings. The molecule has 8 heteroatoms. The summed E-state index contributed by atoms with van der Waals surface area (Å²) in [6.07, 6.45) is -2.36. The Bertz CT molecular complexity index is 457. The quantitative estimate of drug-likeness (QED) is 0.849. The van der Waals surface area contributed by atoms with Crippen LogP contribution in [-0.4, -0.2) is 32.8 Å². The Kier molecular flexibility index (Phi) is 2.44. The summed E-state index contributed by atoms with van der Waals surface area (Å²) in [4.78, 5) is 17.8. The monoisotopic (exact) mass is 247 g/mol. The highest BCUT2D eigenvalue weighted by molar-refractivity contribution is 5.90. The van der Waals surface area contributed by atoms with E-state index in [4.69, 9.17) is 5.11 Å². The van der Waals surface area contributed by atoms with Crippen molar-refractivity contribution < 1.29 is 23.1 Å². The average molecular weight is 247 g/mol. The summed E-state index contributed by atoms with van der Waals surface area (Å²) < 4.78 is 38.0. The fraction of sp³-hybridized carbons (Fsp3) is 0.444. The van der Waals surface area contributed by atoms with E-state index in [9.17, 15) is 18.0 Å². The van der Waals surface area contributed by atoms with Gasteiger partial charge >= 0.3 is 12.1 Å². The minimum Gasteiger partial charge on any atom is -0.476 e. The van der Waals surface area contributed by atoms with Crippen LogP contribution in [0.15, 0.2) is 12.4 Å². The van der Waals surface area contributed by atoms with Crippen LogP contribution >= 0.6 is 0 Å². The molecule has 0 amide bonds. The lowest BCUT2D eigenvalue weighted by Gasteiger charge is -2.21. The predicted molar refractivity (Wildman–Crippen MR) is 50.6 cm³/mol. The average Bonchev–Trinajstić information content (AvgIpc) is 2.98. The predicted octanol–water partition coefficient (Wildman–Crippen LogP) is 1.68. The van der Waals surface area contributed by atoms with Gasteiger partial charge in [0.2, 0.25) is 0 Å². The van der Waals surface area contributed by atoms with Gasteiger partial charge in [-0.1, -0.05) is 0 Å². The van der Waals surface area contributed by atoms with E-state index in [-0.39, 0.29) is 18.7 Å². The van der Waals surface area contributed by atoms with Gasteiger partial charge in [-0.25, -0.2) is 14.8 Å². The van der Waals surface area contributed by atoms with Crippen LogP contribution in [0.4, 0.5) is 19.0 Å². The molecule has 0 atom stereocenters. The molecule has 2 rings (SSSR count). The Balaban J connectivity index is 2.29. The third-order valence-electron chi connectivity index (χ3n) is 2.55. The second kappa shape index (κ2) is 3.57. The molecule has 0 unspecified atom stereocenters. The number of anilines is 1. The molecule has 1 heterocycles. The smallest absolute Gasteiger partial charge is 0.411 e. The van der Waals surface area contributed by atoms with Crippen LogP contribution in [0.25, 0.3) is 0 Å². The van der Waals surface area contributed by atoms with Crippen molar-refractivity contribution in [2.75, 3.05) is 5.32 Å². The van der Waals surface area contributed by atoms with Crippen LogP contribution in [0.2, 0.25) is 0 Å². The normalized spacial score (nSPS) is 17.6. The molecule has 0 radical (unpaired) electrons. The third kappa shape index (κ3) is 2.02. The van der Waals surface area contributed by atoms with Gasteiger partial charge in [-0.2, -0.15) is 13.2 Å². The van der Waals surface area contributed by atoms with Gasteiger partial charge in [-0.15, -0.1) is 0 Å². The van der Waals surface area contributed by atoms with Crippen LogP contribution in [-0.2, 0) is 0 Å². The second-order valence-corrected chi connectivity index (χ2v) is 3.76. The Morgan fingerprint density at radius 1 is 1.35 bits per heavy atom. The molecule has 5 nitrogen and oxygen atoms in total. The number of hydrogen-bond donors (Lipinski definition) is 2. The van der Waals surface area contributed by atoms with Crippen molar-refractivity contribution in [2.45, 2.75) is 24.6 Å². The highest BCUT2D eigenvalue weighted by Gasteiger charge is 2.64. The van der Waals surface area contributed by atoms with E-state index >= 15 is 0 Å². The van der Waals surface area contributed by atoms with E-state index in [1.165, 1.54) is 0 Å². The van der Waals surface area contributed by atoms with Crippen molar-refractivity contribution in [3.63, 3.8) is 0 Å². The standard InChI is InChI=1S/C9H8F3N3O2/c10-9(11,12)8(1-2-8)15-6-5(7(16)17)13-3-4-14-6/h3-4H,1-2H2,(H,14,15)(H,16,17). The number of carbonyl (C=O) groups is 1. The summed E-state index contributed by atoms with van der Waals surface area (Å²) in [5.41, 5.74) is -2.56. The number of carboxylic acid groups (broad SMARTS) is 1. The Morgan fingerprint density at radius 3 is 2.41 bits per heavy atom. The maximum Gasteiger partial charge on any atom is 0.411 e. The number of carboxylic acids is 1. The summed E-state index contributed by atoms with van der Waals surface area (Å²) >= 11 is 0. The fourth-order valence-corrected chi connectivity index (χ4v) is 1.42. The molecule has 1 aromatic heterocycles. The maximum absolute atomic E-state index is 12.7. The Morgan fingerprint density at radius 2 is 1.94 bits per heavy atom. The Hall–Kier alpha value is -1.86. The number of nitrogens with zero attached hydrogens (tertiary/aromatic N) is 2. The number of aromatic carboxylic acids is 1. The molecular formula is C9H8F3N3O2. The first kappa shape index (κ1) is 11.6. The summed E-state index contributed by atoms with van der Waals surface area (Å²) in [6.45, 7) is 0. The van der Waals surface area contributed by atoms with E-state index in [1.807, 2.05) is 0 Å². The molecule has 1 saturated carbocycles. The number of halogens is 3. The highest BCUT2D eigenvalue weighted by Crippen LogP contribution is 2.51. The van der Waals surface area contributed by atoms with Crippen LogP contribution < -0.4 is 5.32 Å². The van der Waals surface area contributed by atoms with Crippen molar-refractivity contribution in [1.29, 1.82) is 0 Å². The molecule has 2 N–H and O–H groups in total. The van der Waals surface area contributed by atoms with Crippen LogP contribution in [0.1, 0.15) is 23.3 Å². The van der Waals surface area contributed by atoms with Crippen molar-refractivity contribution in [3.05, 3.63) is 18.1 Å². The molecule has 1 aromatic rings. The zero-order valence-corrected chi connectivity index (χ0v) is 8.45. The highest BCUT2D eigenvalue weighted by atomic mass is 19.4. The summed E-state index contributed by atoms with van der Waals surface area (Å²) in [6, 6.07) is 0. The van der Waals surface area contributed by atoms with E-state index in [0.717, 1.165) is 12.4 Å². The van der Waals surface area contributed by atoms with Crippen molar-refractivity contribution in [2.24, 2.45) is 0 Å². The van der Waals surface area contributed by atoms with Gasteiger partial charge in [0.05, 0.1) is 0 Å². The van der Waals surface area contributed by atoms with Gasteiger partial charge < -0.3 is 10.4 Å². The van der Waals surface area contributed by atoms with Crippen molar-refractivity contribution >= 4 is 11.8 Å². The first-order valence-electron chi connectivity index (χ1n) is 4.75. The van der Waals surface area contributed by atoms with Gasteiger partial charge in [0.1, 0.15) is 5.54 Å². The molecule has 0 spiro atoms. The number of rotatable bonds is 3. The molecule has 0 bridgehead atoms. The summed E-state index contributed by atoms with van der Waals surface area (Å²) in [7, 11) is 0. The van der Waals surface area contributed by atoms with E-state index < -0.39 is 23.4 Å². The molecule has 0 aromatic carbocycles. The number of hydrogen-bond acceptors (Lipinski definition) is 4. The van der Waals surface area contributed by atoms with E-state index in [0.29, 0.717) is 0 Å². The van der Waals surface area contributed by atoms with Crippen molar-refractivity contribution in [3.8, 4) is 0 Å². The van der Waals surface area contributed by atoms with Crippen LogP contribution in [0, 0.1) is 0 Å². The lowest BCUT2D eigenvalue weighted by atomic mass is 10.2. The zero-order chi connectivity index (χ0) is 12.7. The second-order valence-electron chi connectivity index (χ2n) is 3.76. The molecule has 17 heavy (non-hydrogen) atoms. The first-order valence-corrected chi connectivity index (χ1v) is 4.75. The van der Waals surface area contributed by atoms with E-state index in [2.05, 4.69) is 15.3 Å². The van der Waals surface area contributed by atoms with Gasteiger partial charge in [0.25, 0.3) is 0 Å². The van der Waals surface area contributed by atoms with Gasteiger partial charge in [-0.3, -0.25) is 0 Å². The van der Waals surface area contributed by atoms with Crippen LogP contribution in [0.3, 0.4) is 0 Å². The summed E-state index contributed by atoms with van der Waals surface area (Å²) in [5, 5.41) is 10.9. The largest absolute Gasteiger partial charge is 0.476 e. The molecule has 0 aliphatic heterocycles. The van der Waals surface area contributed by atoms with Crippen molar-refractivity contribution in [1.82, 2.24) is 9.97 Å². The minimum absolute atomic E-state index is 0.0911. The summed E-state index contributed by atoms with van der Waals surface area (Å²) in [5.74, 6) is -1.77. The van der Waals surface area contributed by atoms with Gasteiger partial charge in [0.15, 0.2) is 11.5 Å². The zero-order valence-electron chi connectivity index (χ0n) is 8.45. The lowest BCUT2D eigenvalue weighted by molar-refractivity contribution is -0.151. The lowest BCUT2D eigenvalue weighted by Crippen LogP contribution is -2.39. The van der Waals surface area contributed by atoms with E-state index in [1.54, 1.807) is 0 Å². The first-order chi connectivity index (χ1) is 7.86. The van der Waals surface area contributed by atoms with Crippen LogP contribution in [0.5, 0.6) is 0 Å². The SMILES string of the molecule is O=C(O)c1nccnc1NC1(C(F)(F)F)CC1. The molecule has 1 fully saturated rings. The topological polar surface area (TPSA) is 75.1 Å².